The lowest BCUT2D eigenvalue weighted by atomic mass is 10.1. The molecule has 0 bridgehead atoms. The van der Waals surface area contributed by atoms with Crippen LogP contribution in [-0.4, -0.2) is 53.5 Å². The average Bonchev–Trinajstić information content (AvgIpc) is 2.68. The maximum absolute atomic E-state index is 12.5. The van der Waals surface area contributed by atoms with Crippen LogP contribution in [0, 0.1) is 27.7 Å². The molecule has 1 amide bonds. The van der Waals surface area contributed by atoms with Crippen molar-refractivity contribution in [2.75, 3.05) is 43.4 Å². The second kappa shape index (κ2) is 9.37. The van der Waals surface area contributed by atoms with Gasteiger partial charge in [-0.25, -0.2) is 0 Å². The van der Waals surface area contributed by atoms with Gasteiger partial charge in [-0.15, -0.1) is 0 Å². The van der Waals surface area contributed by atoms with Crippen LogP contribution >= 0.6 is 12.2 Å². The maximum atomic E-state index is 12.5. The monoisotopic (exact) mass is 410 g/mol. The van der Waals surface area contributed by atoms with Crippen LogP contribution in [0.3, 0.4) is 0 Å². The zero-order valence-electron chi connectivity index (χ0n) is 17.7. The highest BCUT2D eigenvalue weighted by Crippen LogP contribution is 2.19. The third-order valence-corrected chi connectivity index (χ3v) is 5.89. The molecule has 2 aromatic rings. The first-order valence-electron chi connectivity index (χ1n) is 10.0. The van der Waals surface area contributed by atoms with E-state index < -0.39 is 0 Å². The highest BCUT2D eigenvalue weighted by molar-refractivity contribution is 7.80. The number of aryl methyl sites for hydroxylation is 4. The molecule has 1 fully saturated rings. The molecule has 0 aromatic heterocycles. The van der Waals surface area contributed by atoms with Crippen molar-refractivity contribution in [3.05, 3.63) is 58.7 Å². The Labute approximate surface area is 179 Å². The molecule has 1 saturated heterocycles. The van der Waals surface area contributed by atoms with Crippen molar-refractivity contribution in [3.63, 3.8) is 0 Å². The number of rotatable bonds is 4. The van der Waals surface area contributed by atoms with Gasteiger partial charge < -0.3 is 15.5 Å². The number of piperazine rings is 1. The molecule has 1 heterocycles. The fourth-order valence-corrected chi connectivity index (χ4v) is 3.82. The number of carbonyl (C=O) groups is 1. The van der Waals surface area contributed by atoms with E-state index in [0.717, 1.165) is 53.8 Å². The summed E-state index contributed by atoms with van der Waals surface area (Å²) >= 11 is 5.59. The van der Waals surface area contributed by atoms with E-state index in [1.807, 2.05) is 32.0 Å². The van der Waals surface area contributed by atoms with Crippen molar-refractivity contribution in [2.24, 2.45) is 0 Å². The van der Waals surface area contributed by atoms with Gasteiger partial charge >= 0.3 is 0 Å². The van der Waals surface area contributed by atoms with Gasteiger partial charge in [-0.05, 0) is 74.3 Å². The average molecular weight is 411 g/mol. The zero-order chi connectivity index (χ0) is 21.0. The van der Waals surface area contributed by atoms with Gasteiger partial charge in [0.2, 0.25) is 5.91 Å². The minimum atomic E-state index is 0.0340. The van der Waals surface area contributed by atoms with E-state index in [0.29, 0.717) is 6.54 Å². The summed E-state index contributed by atoms with van der Waals surface area (Å²) in [4.78, 5) is 16.8. The van der Waals surface area contributed by atoms with Crippen LogP contribution in [0.25, 0.3) is 0 Å². The standard InChI is InChI=1S/C23H30N4OS/c1-16-8-9-20(14-19(16)4)24-23(29)27-12-10-26(11-13-27)15-21(28)25-22-17(2)6-5-7-18(22)3/h5-9,14H,10-13,15H2,1-4H3,(H,24,29)(H,25,28). The Morgan fingerprint density at radius 1 is 0.897 bits per heavy atom. The van der Waals surface area contributed by atoms with Crippen molar-refractivity contribution < 1.29 is 4.79 Å². The molecule has 154 valence electrons. The Bertz CT molecular complexity index is 883. The van der Waals surface area contributed by atoms with Gasteiger partial charge in [-0.1, -0.05) is 24.3 Å². The molecule has 29 heavy (non-hydrogen) atoms. The number of para-hydroxylation sites is 1. The summed E-state index contributed by atoms with van der Waals surface area (Å²) in [6, 6.07) is 12.3. The Morgan fingerprint density at radius 3 is 2.17 bits per heavy atom. The summed E-state index contributed by atoms with van der Waals surface area (Å²) in [5.74, 6) is 0.0340. The third-order valence-electron chi connectivity index (χ3n) is 5.53. The summed E-state index contributed by atoms with van der Waals surface area (Å²) in [5.41, 5.74) is 6.65. The number of carbonyl (C=O) groups excluding carboxylic acids is 1. The van der Waals surface area contributed by atoms with Crippen molar-refractivity contribution in [2.45, 2.75) is 27.7 Å². The third kappa shape index (κ3) is 5.55. The van der Waals surface area contributed by atoms with Gasteiger partial charge in [0, 0.05) is 37.6 Å². The Hall–Kier alpha value is -2.44. The lowest BCUT2D eigenvalue weighted by Crippen LogP contribution is -2.51. The SMILES string of the molecule is Cc1ccc(NC(=S)N2CCN(CC(=O)Nc3c(C)cccc3C)CC2)cc1C. The highest BCUT2D eigenvalue weighted by atomic mass is 32.1. The largest absolute Gasteiger partial charge is 0.346 e. The molecular weight excluding hydrogens is 380 g/mol. The minimum absolute atomic E-state index is 0.0340. The van der Waals surface area contributed by atoms with Crippen LogP contribution in [0.15, 0.2) is 36.4 Å². The number of hydrogen-bond acceptors (Lipinski definition) is 3. The summed E-state index contributed by atoms with van der Waals surface area (Å²) in [6.07, 6.45) is 0. The summed E-state index contributed by atoms with van der Waals surface area (Å²) in [7, 11) is 0. The summed E-state index contributed by atoms with van der Waals surface area (Å²) in [6.45, 7) is 11.9. The first-order valence-corrected chi connectivity index (χ1v) is 10.5. The van der Waals surface area contributed by atoms with E-state index in [9.17, 15) is 4.79 Å². The second-order valence-corrected chi connectivity index (χ2v) is 8.19. The number of anilines is 2. The van der Waals surface area contributed by atoms with Crippen LogP contribution in [0.1, 0.15) is 22.3 Å². The van der Waals surface area contributed by atoms with Gasteiger partial charge in [0.25, 0.3) is 0 Å². The predicted molar refractivity (Wildman–Crippen MR) is 125 cm³/mol. The number of nitrogens with one attached hydrogen (secondary N) is 2. The van der Waals surface area contributed by atoms with Crippen molar-refractivity contribution in [1.82, 2.24) is 9.80 Å². The summed E-state index contributed by atoms with van der Waals surface area (Å²) < 4.78 is 0. The lowest BCUT2D eigenvalue weighted by molar-refractivity contribution is -0.117. The van der Waals surface area contributed by atoms with E-state index in [4.69, 9.17) is 12.2 Å². The number of benzene rings is 2. The molecular formula is C23H30N4OS. The fraction of sp³-hybridized carbons (Fsp3) is 0.391. The molecule has 0 radical (unpaired) electrons. The number of amides is 1. The Balaban J connectivity index is 1.48. The zero-order valence-corrected chi connectivity index (χ0v) is 18.5. The lowest BCUT2D eigenvalue weighted by Gasteiger charge is -2.36. The minimum Gasteiger partial charge on any atom is -0.346 e. The van der Waals surface area contributed by atoms with E-state index in [2.05, 4.69) is 52.5 Å². The van der Waals surface area contributed by atoms with Gasteiger partial charge in [0.15, 0.2) is 5.11 Å². The normalized spacial score (nSPS) is 14.6. The second-order valence-electron chi connectivity index (χ2n) is 7.81. The number of nitrogens with zero attached hydrogens (tertiary/aromatic N) is 2. The van der Waals surface area contributed by atoms with Crippen LogP contribution in [0.5, 0.6) is 0 Å². The predicted octanol–water partition coefficient (Wildman–Crippen LogP) is 3.87. The molecule has 0 unspecified atom stereocenters. The fourth-order valence-electron chi connectivity index (χ4n) is 3.52. The van der Waals surface area contributed by atoms with E-state index >= 15 is 0 Å². The Morgan fingerprint density at radius 2 is 1.55 bits per heavy atom. The molecule has 1 aliphatic rings. The van der Waals surface area contributed by atoms with Crippen molar-refractivity contribution in [3.8, 4) is 0 Å². The smallest absolute Gasteiger partial charge is 0.238 e. The van der Waals surface area contributed by atoms with Gasteiger partial charge in [0.05, 0.1) is 6.54 Å². The molecule has 0 saturated carbocycles. The van der Waals surface area contributed by atoms with E-state index in [1.165, 1.54) is 11.1 Å². The van der Waals surface area contributed by atoms with Crippen molar-refractivity contribution in [1.29, 1.82) is 0 Å². The van der Waals surface area contributed by atoms with Crippen LogP contribution < -0.4 is 10.6 Å². The molecule has 0 aliphatic carbocycles. The quantitative estimate of drug-likeness (QED) is 0.750. The number of hydrogen-bond donors (Lipinski definition) is 2. The van der Waals surface area contributed by atoms with E-state index in [-0.39, 0.29) is 5.91 Å². The molecule has 6 heteroatoms. The molecule has 0 spiro atoms. The highest BCUT2D eigenvalue weighted by Gasteiger charge is 2.21. The molecule has 5 nitrogen and oxygen atoms in total. The molecule has 2 N–H and O–H groups in total. The first kappa shape index (κ1) is 21.3. The number of thiocarbonyl (C=S) groups is 1. The molecule has 1 aliphatic heterocycles. The van der Waals surface area contributed by atoms with Gasteiger partial charge in [-0.2, -0.15) is 0 Å². The molecule has 2 aromatic carbocycles. The maximum Gasteiger partial charge on any atom is 0.238 e. The molecule has 3 rings (SSSR count). The van der Waals surface area contributed by atoms with Crippen molar-refractivity contribution >= 4 is 34.6 Å². The van der Waals surface area contributed by atoms with E-state index in [1.54, 1.807) is 0 Å². The van der Waals surface area contributed by atoms with Gasteiger partial charge in [-0.3, -0.25) is 9.69 Å². The Kier molecular flexibility index (Phi) is 6.87. The first-order chi connectivity index (χ1) is 13.8. The summed E-state index contributed by atoms with van der Waals surface area (Å²) in [5, 5.41) is 7.15. The van der Waals surface area contributed by atoms with Crippen LogP contribution in [-0.2, 0) is 4.79 Å². The van der Waals surface area contributed by atoms with Crippen LogP contribution in [0.2, 0.25) is 0 Å². The topological polar surface area (TPSA) is 47.6 Å². The van der Waals surface area contributed by atoms with Crippen LogP contribution in [0.4, 0.5) is 11.4 Å². The van der Waals surface area contributed by atoms with Gasteiger partial charge in [0.1, 0.15) is 0 Å². The molecule has 0 atom stereocenters.